The van der Waals surface area contributed by atoms with E-state index in [2.05, 4.69) is 0 Å². The molecule has 1 aliphatic heterocycles. The Morgan fingerprint density at radius 3 is 1.59 bits per heavy atom. The third-order valence-corrected chi connectivity index (χ3v) is 9.76. The van der Waals surface area contributed by atoms with Crippen LogP contribution in [0.1, 0.15) is 13.8 Å². The van der Waals surface area contributed by atoms with E-state index in [0.717, 1.165) is 13.8 Å². The highest BCUT2D eigenvalue weighted by atomic mass is 32.3. The predicted molar refractivity (Wildman–Crippen MR) is 93.6 cm³/mol. The molecule has 22 heteroatoms. The molecule has 1 N–H and O–H groups in total. The Hall–Kier alpha value is -1.41. The summed E-state index contributed by atoms with van der Waals surface area (Å²) in [5.41, 5.74) is -6.64. The van der Waals surface area contributed by atoms with Gasteiger partial charge in [0.15, 0.2) is 0 Å². The number of nitrogens with zero attached hydrogens (tertiary/aromatic N) is 3. The molecule has 0 saturated carbocycles. The minimum Gasteiger partial charge on any atom is -0.282 e. The van der Waals surface area contributed by atoms with Crippen molar-refractivity contribution in [3.8, 4) is 6.07 Å². The second kappa shape index (κ2) is 8.91. The molecule has 1 fully saturated rings. The maximum atomic E-state index is 14.4. The average molecular weight is 578 g/mol. The molecule has 1 saturated heterocycles. The van der Waals surface area contributed by atoms with E-state index >= 15 is 0 Å². The number of hydrogen-bond acceptors (Lipinski definition) is 8. The van der Waals surface area contributed by atoms with Crippen LogP contribution in [0.5, 0.6) is 0 Å². The first kappa shape index (κ1) is 30.6. The lowest BCUT2D eigenvalue weighted by atomic mass is 10.1. The summed E-state index contributed by atoms with van der Waals surface area (Å²) in [6, 6.07) is -0.525. The van der Waals surface area contributed by atoms with Gasteiger partial charge in [0.25, 0.3) is 20.0 Å². The minimum atomic E-state index is -7.82. The summed E-state index contributed by atoms with van der Waals surface area (Å²) in [7, 11) is -22.0. The molecular weight excluding hydrogens is 563 g/mol. The first-order valence-corrected chi connectivity index (χ1v) is 12.8. The van der Waals surface area contributed by atoms with E-state index in [9.17, 15) is 64.8 Å². The van der Waals surface area contributed by atoms with Crippen LogP contribution in [0.15, 0.2) is 0 Å². The molecular formula is C12H15F9N4O6S3. The fourth-order valence-electron chi connectivity index (χ4n) is 2.80. The summed E-state index contributed by atoms with van der Waals surface area (Å²) in [6.45, 7) is -0.121. The van der Waals surface area contributed by atoms with Gasteiger partial charge in [0.2, 0.25) is 0 Å². The number of rotatable bonds is 8. The van der Waals surface area contributed by atoms with Gasteiger partial charge in [0.1, 0.15) is 0 Å². The van der Waals surface area contributed by atoms with Crippen LogP contribution >= 0.6 is 0 Å². The second-order valence-corrected chi connectivity index (χ2v) is 12.6. The molecule has 0 radical (unpaired) electrons. The highest BCUT2D eigenvalue weighted by molar-refractivity contribution is 8.05. The van der Waals surface area contributed by atoms with Gasteiger partial charge < -0.3 is 0 Å². The summed E-state index contributed by atoms with van der Waals surface area (Å²) in [5, 5.41) is -5.63. The van der Waals surface area contributed by atoms with Gasteiger partial charge in [0.05, 0.1) is 12.6 Å². The van der Waals surface area contributed by atoms with Gasteiger partial charge in [-0.1, -0.05) is 4.13 Å². The summed E-state index contributed by atoms with van der Waals surface area (Å²) < 4.78 is 189. The lowest BCUT2D eigenvalue weighted by molar-refractivity contribution is -0.245. The Kier molecular flexibility index (Phi) is 8.03. The topological polar surface area (TPSA) is 145 Å². The number of piperazine rings is 1. The third-order valence-electron chi connectivity index (χ3n) is 4.58. The van der Waals surface area contributed by atoms with Gasteiger partial charge in [-0.15, -0.1) is 0 Å². The maximum absolute atomic E-state index is 14.4. The molecule has 34 heavy (non-hydrogen) atoms. The molecule has 1 heterocycles. The Bertz CT molecular complexity index is 1140. The SMILES string of the molecule is CC1CN(S(=O)(=O)C(F)(F)C(F)(F)C(F)(F)S(=O)(=O)NS(=O)(=O)C(F)(F)F)CC(C)N1CC#N. The van der Waals surface area contributed by atoms with Crippen molar-refractivity contribution < 1.29 is 64.8 Å². The molecule has 1 rings (SSSR count). The first-order chi connectivity index (χ1) is 14.8. The van der Waals surface area contributed by atoms with Crippen LogP contribution in [0.3, 0.4) is 0 Å². The van der Waals surface area contributed by atoms with E-state index in [0.29, 0.717) is 0 Å². The van der Waals surface area contributed by atoms with Crippen molar-refractivity contribution in [2.24, 2.45) is 0 Å². The minimum absolute atomic E-state index is 0.363. The van der Waals surface area contributed by atoms with Crippen LogP contribution in [-0.2, 0) is 30.1 Å². The van der Waals surface area contributed by atoms with E-state index in [1.165, 1.54) is 4.90 Å². The van der Waals surface area contributed by atoms with Gasteiger partial charge in [-0.05, 0) is 13.8 Å². The van der Waals surface area contributed by atoms with Crippen LogP contribution in [-0.4, -0.2) is 88.1 Å². The Balaban J connectivity index is 3.48. The highest BCUT2D eigenvalue weighted by Crippen LogP contribution is 2.51. The Morgan fingerprint density at radius 1 is 0.824 bits per heavy atom. The van der Waals surface area contributed by atoms with Crippen LogP contribution in [0.25, 0.3) is 0 Å². The quantitative estimate of drug-likeness (QED) is 0.330. The van der Waals surface area contributed by atoms with Gasteiger partial charge in [-0.25, -0.2) is 25.3 Å². The number of alkyl halides is 9. The second-order valence-electron chi connectivity index (χ2n) is 6.99. The molecule has 2 atom stereocenters. The number of nitriles is 1. The molecule has 0 amide bonds. The van der Waals surface area contributed by atoms with E-state index in [4.69, 9.17) is 5.26 Å². The molecule has 10 nitrogen and oxygen atoms in total. The van der Waals surface area contributed by atoms with Crippen molar-refractivity contribution >= 4 is 30.1 Å². The summed E-state index contributed by atoms with van der Waals surface area (Å²) in [4.78, 5) is 1.24. The summed E-state index contributed by atoms with van der Waals surface area (Å²) >= 11 is 0. The molecule has 200 valence electrons. The lowest BCUT2D eigenvalue weighted by Gasteiger charge is -2.44. The van der Waals surface area contributed by atoms with Crippen LogP contribution in [0.2, 0.25) is 0 Å². The van der Waals surface area contributed by atoms with Crippen molar-refractivity contribution in [3.05, 3.63) is 0 Å². The van der Waals surface area contributed by atoms with Crippen molar-refractivity contribution in [2.45, 2.75) is 47.9 Å². The third kappa shape index (κ3) is 4.81. The number of nitrogens with one attached hydrogen (secondary N) is 1. The van der Waals surface area contributed by atoms with E-state index < -0.39 is 81.3 Å². The molecule has 0 bridgehead atoms. The number of hydrogen-bond donors (Lipinski definition) is 1. The predicted octanol–water partition coefficient (Wildman–Crippen LogP) is 0.824. The Morgan fingerprint density at radius 2 is 1.24 bits per heavy atom. The Labute approximate surface area is 187 Å². The fraction of sp³-hybridized carbons (Fsp3) is 0.917. The number of halogens is 9. The normalized spacial score (nSPS) is 23.0. The van der Waals surface area contributed by atoms with E-state index in [1.54, 1.807) is 6.07 Å². The largest absolute Gasteiger partial charge is 0.512 e. The zero-order chi connectivity index (χ0) is 27.3. The smallest absolute Gasteiger partial charge is 0.282 e. The molecule has 0 aromatic rings. The summed E-state index contributed by atoms with van der Waals surface area (Å²) in [6.07, 6.45) is 0. The van der Waals surface area contributed by atoms with Gasteiger partial charge >= 0.3 is 32.0 Å². The van der Waals surface area contributed by atoms with Crippen LogP contribution in [0, 0.1) is 11.3 Å². The molecule has 0 aromatic heterocycles. The molecule has 2 unspecified atom stereocenters. The van der Waals surface area contributed by atoms with E-state index in [-0.39, 0.29) is 10.8 Å². The van der Waals surface area contributed by atoms with Gasteiger partial charge in [-0.2, -0.15) is 49.1 Å². The molecule has 0 spiro atoms. The van der Waals surface area contributed by atoms with Gasteiger partial charge in [0, 0.05) is 25.2 Å². The molecule has 0 aliphatic carbocycles. The van der Waals surface area contributed by atoms with Crippen molar-refractivity contribution in [1.82, 2.24) is 13.3 Å². The molecule has 0 aromatic carbocycles. The maximum Gasteiger partial charge on any atom is 0.512 e. The van der Waals surface area contributed by atoms with Crippen molar-refractivity contribution in [3.63, 3.8) is 0 Å². The lowest BCUT2D eigenvalue weighted by Crippen LogP contribution is -2.67. The van der Waals surface area contributed by atoms with Crippen LogP contribution < -0.4 is 4.13 Å². The monoisotopic (exact) mass is 578 g/mol. The van der Waals surface area contributed by atoms with Crippen molar-refractivity contribution in [2.75, 3.05) is 19.6 Å². The highest BCUT2D eigenvalue weighted by Gasteiger charge is 2.83. The van der Waals surface area contributed by atoms with Gasteiger partial charge in [-0.3, -0.25) is 4.90 Å². The van der Waals surface area contributed by atoms with Crippen molar-refractivity contribution in [1.29, 1.82) is 5.26 Å². The zero-order valence-corrected chi connectivity index (χ0v) is 19.1. The first-order valence-electron chi connectivity index (χ1n) is 8.42. The standard InChI is InChI=1S/C12H15F9N4O6S3/c1-7-5-24(6-8(2)25(7)4-3-22)34(30,31)11(17,18)9(13,14)10(15,16)32(26,27)23-33(28,29)12(19,20)21/h7-8,23H,4-6H2,1-2H3. The number of sulfonamides is 3. The average Bonchev–Trinajstić information content (AvgIpc) is 2.62. The fourth-order valence-corrected chi connectivity index (χ4v) is 6.89. The summed E-state index contributed by atoms with van der Waals surface area (Å²) in [5.74, 6) is -7.47. The van der Waals surface area contributed by atoms with Crippen LogP contribution in [0.4, 0.5) is 39.5 Å². The van der Waals surface area contributed by atoms with E-state index in [1.807, 2.05) is 0 Å². The molecule has 1 aliphatic rings. The zero-order valence-electron chi connectivity index (χ0n) is 16.7.